The van der Waals surface area contributed by atoms with Gasteiger partial charge in [-0.3, -0.25) is 9.89 Å². The number of rotatable bonds is 6. The van der Waals surface area contributed by atoms with Crippen molar-refractivity contribution in [3.63, 3.8) is 0 Å². The minimum absolute atomic E-state index is 0.0805. The fraction of sp³-hybridized carbons (Fsp3) is 0.273. The van der Waals surface area contributed by atoms with Gasteiger partial charge in [-0.25, -0.2) is 0 Å². The topological polar surface area (TPSA) is 78.0 Å². The Morgan fingerprint density at radius 1 is 1.21 bits per heavy atom. The average molecular weight is 396 g/mol. The summed E-state index contributed by atoms with van der Waals surface area (Å²) in [5.74, 6) is -0.157. The largest absolute Gasteiger partial charge is 0.508 e. The Balaban J connectivity index is 1.52. The molecule has 1 heterocycles. The van der Waals surface area contributed by atoms with Crippen LogP contribution in [0.5, 0.6) is 5.75 Å². The number of nitrogens with one attached hydrogen (secondary N) is 2. The van der Waals surface area contributed by atoms with Gasteiger partial charge in [0, 0.05) is 23.1 Å². The summed E-state index contributed by atoms with van der Waals surface area (Å²) in [4.78, 5) is 12.7. The molecule has 5 nitrogen and oxygen atoms in total. The van der Waals surface area contributed by atoms with E-state index in [9.17, 15) is 9.90 Å². The van der Waals surface area contributed by atoms with Crippen molar-refractivity contribution in [2.75, 3.05) is 0 Å². The zero-order valence-corrected chi connectivity index (χ0v) is 16.2. The highest BCUT2D eigenvalue weighted by Gasteiger charge is 2.22. The molecule has 1 aliphatic rings. The minimum Gasteiger partial charge on any atom is -0.508 e. The number of carbonyl (C=O) groups excluding carboxylic acids is 1. The molecule has 6 heteroatoms. The monoisotopic (exact) mass is 395 g/mol. The maximum absolute atomic E-state index is 12.7. The van der Waals surface area contributed by atoms with E-state index in [2.05, 4.69) is 15.5 Å². The lowest BCUT2D eigenvalue weighted by atomic mass is 9.88. The SMILES string of the molecule is O=C(CC(c1cccc(O)c1)c1ccccc1Cl)NCc1n[nH]c2c1CCC2. The normalized spacial score (nSPS) is 13.9. The molecule has 144 valence electrons. The van der Waals surface area contributed by atoms with Gasteiger partial charge in [-0.2, -0.15) is 5.10 Å². The molecular formula is C22H22ClN3O2. The lowest BCUT2D eigenvalue weighted by molar-refractivity contribution is -0.121. The molecule has 2 aromatic carbocycles. The van der Waals surface area contributed by atoms with Crippen molar-refractivity contribution in [3.8, 4) is 5.75 Å². The van der Waals surface area contributed by atoms with Gasteiger partial charge in [0.25, 0.3) is 0 Å². The molecule has 1 aromatic heterocycles. The van der Waals surface area contributed by atoms with Gasteiger partial charge in [0.2, 0.25) is 5.91 Å². The molecule has 0 spiro atoms. The number of H-pyrrole nitrogens is 1. The van der Waals surface area contributed by atoms with Gasteiger partial charge < -0.3 is 10.4 Å². The molecule has 0 saturated carbocycles. The van der Waals surface area contributed by atoms with Crippen LogP contribution in [0.1, 0.15) is 46.8 Å². The number of nitrogens with zero attached hydrogens (tertiary/aromatic N) is 1. The number of aromatic nitrogens is 2. The molecule has 1 amide bonds. The number of carbonyl (C=O) groups is 1. The number of hydrogen-bond donors (Lipinski definition) is 3. The number of aromatic amines is 1. The summed E-state index contributed by atoms with van der Waals surface area (Å²) >= 11 is 6.41. The Hall–Kier alpha value is -2.79. The lowest BCUT2D eigenvalue weighted by Crippen LogP contribution is -2.25. The Morgan fingerprint density at radius 3 is 2.89 bits per heavy atom. The van der Waals surface area contributed by atoms with Gasteiger partial charge in [-0.1, -0.05) is 41.9 Å². The fourth-order valence-electron chi connectivity index (χ4n) is 3.88. The third-order valence-electron chi connectivity index (χ3n) is 5.29. The molecule has 0 fully saturated rings. The van der Waals surface area contributed by atoms with Crippen LogP contribution in [0, 0.1) is 0 Å². The fourth-order valence-corrected chi connectivity index (χ4v) is 4.15. The molecule has 0 bridgehead atoms. The molecule has 28 heavy (non-hydrogen) atoms. The first-order valence-corrected chi connectivity index (χ1v) is 9.84. The van der Waals surface area contributed by atoms with E-state index in [4.69, 9.17) is 11.6 Å². The van der Waals surface area contributed by atoms with Crippen molar-refractivity contribution < 1.29 is 9.90 Å². The van der Waals surface area contributed by atoms with Crippen LogP contribution in [0.25, 0.3) is 0 Å². The molecule has 1 atom stereocenters. The first-order valence-electron chi connectivity index (χ1n) is 9.47. The van der Waals surface area contributed by atoms with Crippen LogP contribution in [-0.4, -0.2) is 21.2 Å². The summed E-state index contributed by atoms with van der Waals surface area (Å²) in [5, 5.41) is 20.9. The van der Waals surface area contributed by atoms with Crippen LogP contribution >= 0.6 is 11.6 Å². The Kier molecular flexibility index (Phi) is 5.35. The predicted molar refractivity (Wildman–Crippen MR) is 108 cm³/mol. The van der Waals surface area contributed by atoms with Crippen LogP contribution in [0.3, 0.4) is 0 Å². The molecule has 1 aliphatic carbocycles. The van der Waals surface area contributed by atoms with Gasteiger partial charge in [0.1, 0.15) is 5.75 Å². The second kappa shape index (κ2) is 8.07. The third-order valence-corrected chi connectivity index (χ3v) is 5.63. The van der Waals surface area contributed by atoms with Crippen molar-refractivity contribution >= 4 is 17.5 Å². The average Bonchev–Trinajstić information content (AvgIpc) is 3.29. The number of hydrogen-bond acceptors (Lipinski definition) is 3. The van der Waals surface area contributed by atoms with Crippen LogP contribution in [0.4, 0.5) is 0 Å². The van der Waals surface area contributed by atoms with E-state index < -0.39 is 0 Å². The van der Waals surface area contributed by atoms with E-state index in [1.807, 2.05) is 30.3 Å². The lowest BCUT2D eigenvalue weighted by Gasteiger charge is -2.19. The summed E-state index contributed by atoms with van der Waals surface area (Å²) in [7, 11) is 0. The van der Waals surface area contributed by atoms with Crippen molar-refractivity contribution in [2.24, 2.45) is 0 Å². The molecule has 4 rings (SSSR count). The molecule has 0 radical (unpaired) electrons. The number of aromatic hydroxyl groups is 1. The molecule has 0 aliphatic heterocycles. The van der Waals surface area contributed by atoms with Gasteiger partial charge in [0.05, 0.1) is 12.2 Å². The van der Waals surface area contributed by atoms with E-state index in [1.165, 1.54) is 11.3 Å². The number of aryl methyl sites for hydroxylation is 1. The van der Waals surface area contributed by atoms with E-state index in [0.717, 1.165) is 36.1 Å². The second-order valence-electron chi connectivity index (χ2n) is 7.13. The number of fused-ring (bicyclic) bond motifs is 1. The number of phenolic OH excluding ortho intramolecular Hbond substituents is 1. The number of benzene rings is 2. The summed E-state index contributed by atoms with van der Waals surface area (Å²) < 4.78 is 0. The standard InChI is InChI=1S/C22H22ClN3O2/c23-19-9-2-1-7-16(19)18(14-5-3-6-15(27)11-14)12-22(28)24-13-21-17-8-4-10-20(17)25-26-21/h1-3,5-7,9,11,18,27H,4,8,10,12-13H2,(H,24,28)(H,25,26). The van der Waals surface area contributed by atoms with Crippen molar-refractivity contribution in [1.29, 1.82) is 0 Å². The maximum atomic E-state index is 12.7. The molecular weight excluding hydrogens is 374 g/mol. The van der Waals surface area contributed by atoms with Gasteiger partial charge >= 0.3 is 0 Å². The number of phenols is 1. The molecule has 1 unspecified atom stereocenters. The maximum Gasteiger partial charge on any atom is 0.221 e. The zero-order chi connectivity index (χ0) is 19.5. The Labute approximate surface area is 168 Å². The van der Waals surface area contributed by atoms with Crippen LogP contribution in [-0.2, 0) is 24.2 Å². The van der Waals surface area contributed by atoms with E-state index in [-0.39, 0.29) is 24.0 Å². The van der Waals surface area contributed by atoms with Gasteiger partial charge in [-0.15, -0.1) is 0 Å². The molecule has 0 saturated heterocycles. The summed E-state index contributed by atoms with van der Waals surface area (Å²) in [6.45, 7) is 0.417. The highest BCUT2D eigenvalue weighted by molar-refractivity contribution is 6.31. The highest BCUT2D eigenvalue weighted by atomic mass is 35.5. The van der Waals surface area contributed by atoms with Gasteiger partial charge in [0.15, 0.2) is 0 Å². The first kappa shape index (κ1) is 18.6. The zero-order valence-electron chi connectivity index (χ0n) is 15.4. The van der Waals surface area contributed by atoms with E-state index >= 15 is 0 Å². The molecule has 3 N–H and O–H groups in total. The quantitative estimate of drug-likeness (QED) is 0.588. The van der Waals surface area contributed by atoms with E-state index in [0.29, 0.717) is 11.6 Å². The van der Waals surface area contributed by atoms with Crippen molar-refractivity contribution in [1.82, 2.24) is 15.5 Å². The van der Waals surface area contributed by atoms with Crippen LogP contribution < -0.4 is 5.32 Å². The second-order valence-corrected chi connectivity index (χ2v) is 7.54. The Morgan fingerprint density at radius 2 is 2.07 bits per heavy atom. The van der Waals surface area contributed by atoms with Gasteiger partial charge in [-0.05, 0) is 54.2 Å². The van der Waals surface area contributed by atoms with Crippen LogP contribution in [0.15, 0.2) is 48.5 Å². The smallest absolute Gasteiger partial charge is 0.221 e. The molecule has 3 aromatic rings. The number of halogens is 1. The summed E-state index contributed by atoms with van der Waals surface area (Å²) in [6, 6.07) is 14.5. The summed E-state index contributed by atoms with van der Waals surface area (Å²) in [5.41, 5.74) is 5.08. The number of amides is 1. The predicted octanol–water partition coefficient (Wildman–Crippen LogP) is 4.10. The first-order chi connectivity index (χ1) is 13.6. The highest BCUT2D eigenvalue weighted by Crippen LogP contribution is 2.34. The third kappa shape index (κ3) is 3.90. The van der Waals surface area contributed by atoms with Crippen molar-refractivity contribution in [3.05, 3.63) is 81.6 Å². The van der Waals surface area contributed by atoms with Crippen LogP contribution in [0.2, 0.25) is 5.02 Å². The van der Waals surface area contributed by atoms with E-state index in [1.54, 1.807) is 18.2 Å². The summed E-state index contributed by atoms with van der Waals surface area (Å²) in [6.07, 6.45) is 3.42. The van der Waals surface area contributed by atoms with Crippen molar-refractivity contribution in [2.45, 2.75) is 38.1 Å². The Bertz CT molecular complexity index is 999. The minimum atomic E-state index is -0.245.